The van der Waals surface area contributed by atoms with Gasteiger partial charge in [0.1, 0.15) is 17.5 Å². The Balaban J connectivity index is 1.72. The first kappa shape index (κ1) is 17.1. The van der Waals surface area contributed by atoms with Gasteiger partial charge in [-0.3, -0.25) is 0 Å². The molecule has 0 saturated heterocycles. The lowest BCUT2D eigenvalue weighted by Crippen LogP contribution is -2.06. The molecule has 0 aliphatic rings. The van der Waals surface area contributed by atoms with Gasteiger partial charge in [0.15, 0.2) is 0 Å². The van der Waals surface area contributed by atoms with Crippen molar-refractivity contribution in [3.63, 3.8) is 0 Å². The summed E-state index contributed by atoms with van der Waals surface area (Å²) in [6, 6.07) is 17.7. The maximum absolute atomic E-state index is 12.0. The lowest BCUT2D eigenvalue weighted by atomic mass is 10.1. The van der Waals surface area contributed by atoms with E-state index in [9.17, 15) is 4.79 Å². The average Bonchev–Trinajstić information content (AvgIpc) is 3.06. The van der Waals surface area contributed by atoms with Crippen LogP contribution in [0.4, 0.5) is 0 Å². The van der Waals surface area contributed by atoms with E-state index >= 15 is 0 Å². The molecule has 27 heavy (non-hydrogen) atoms. The van der Waals surface area contributed by atoms with E-state index in [1.54, 1.807) is 19.2 Å². The third kappa shape index (κ3) is 3.36. The SMILES string of the molecule is CCOC(=O)c1cc2c(cn1)[nH]c1ccc(C(C)Oc3ccccc3)cc12. The van der Waals surface area contributed by atoms with Gasteiger partial charge in [0, 0.05) is 16.3 Å². The second-order valence-electron chi connectivity index (χ2n) is 6.34. The number of H-pyrrole nitrogens is 1. The highest BCUT2D eigenvalue weighted by Gasteiger charge is 2.14. The van der Waals surface area contributed by atoms with Crippen LogP contribution in [0.1, 0.15) is 36.0 Å². The zero-order valence-corrected chi connectivity index (χ0v) is 15.2. The monoisotopic (exact) mass is 360 g/mol. The number of pyridine rings is 1. The first-order valence-electron chi connectivity index (χ1n) is 8.96. The number of ether oxygens (including phenoxy) is 2. The van der Waals surface area contributed by atoms with Crippen molar-refractivity contribution in [2.24, 2.45) is 0 Å². The smallest absolute Gasteiger partial charge is 0.356 e. The molecule has 2 aromatic carbocycles. The third-order valence-electron chi connectivity index (χ3n) is 4.52. The van der Waals surface area contributed by atoms with E-state index in [1.165, 1.54) is 0 Å². The molecule has 0 fully saturated rings. The molecule has 0 spiro atoms. The number of aromatic amines is 1. The van der Waals surface area contributed by atoms with Crippen molar-refractivity contribution in [1.29, 1.82) is 0 Å². The second-order valence-corrected chi connectivity index (χ2v) is 6.34. The standard InChI is InChI=1S/C22H20N2O3/c1-3-26-22(25)20-12-18-17-11-15(9-10-19(17)24-21(18)13-23-20)14(2)27-16-7-5-4-6-8-16/h4-14,24H,3H2,1-2H3. The molecule has 5 nitrogen and oxygen atoms in total. The van der Waals surface area contributed by atoms with E-state index in [4.69, 9.17) is 9.47 Å². The third-order valence-corrected chi connectivity index (χ3v) is 4.52. The summed E-state index contributed by atoms with van der Waals surface area (Å²) >= 11 is 0. The van der Waals surface area contributed by atoms with E-state index in [1.807, 2.05) is 49.4 Å². The lowest BCUT2D eigenvalue weighted by Gasteiger charge is -2.15. The van der Waals surface area contributed by atoms with Crippen molar-refractivity contribution in [3.05, 3.63) is 72.1 Å². The number of benzene rings is 2. The predicted molar refractivity (Wildman–Crippen MR) is 105 cm³/mol. The van der Waals surface area contributed by atoms with Crippen LogP contribution in [-0.2, 0) is 4.74 Å². The molecule has 4 aromatic rings. The Labute approximate surface area is 156 Å². The molecule has 0 saturated carbocycles. The quantitative estimate of drug-likeness (QED) is 0.507. The number of nitrogens with zero attached hydrogens (tertiary/aromatic N) is 1. The highest BCUT2D eigenvalue weighted by Crippen LogP contribution is 2.30. The highest BCUT2D eigenvalue weighted by molar-refractivity contribution is 6.08. The minimum absolute atomic E-state index is 0.104. The molecule has 0 amide bonds. The van der Waals surface area contributed by atoms with Crippen LogP contribution < -0.4 is 4.74 Å². The Hall–Kier alpha value is -3.34. The summed E-state index contributed by atoms with van der Waals surface area (Å²) in [6.45, 7) is 4.13. The van der Waals surface area contributed by atoms with Gasteiger partial charge in [-0.15, -0.1) is 0 Å². The minimum atomic E-state index is -0.411. The zero-order chi connectivity index (χ0) is 18.8. The highest BCUT2D eigenvalue weighted by atomic mass is 16.5. The topological polar surface area (TPSA) is 64.2 Å². The minimum Gasteiger partial charge on any atom is -0.486 e. The van der Waals surface area contributed by atoms with Crippen molar-refractivity contribution in [1.82, 2.24) is 9.97 Å². The Morgan fingerprint density at radius 1 is 1.07 bits per heavy atom. The number of aromatic nitrogens is 2. The molecule has 4 rings (SSSR count). The average molecular weight is 360 g/mol. The number of carbonyl (C=O) groups excluding carboxylic acids is 1. The van der Waals surface area contributed by atoms with Gasteiger partial charge in [-0.1, -0.05) is 24.3 Å². The molecule has 0 aliphatic heterocycles. The van der Waals surface area contributed by atoms with Crippen LogP contribution in [0.25, 0.3) is 21.8 Å². The summed E-state index contributed by atoms with van der Waals surface area (Å²) < 4.78 is 11.1. The van der Waals surface area contributed by atoms with Gasteiger partial charge in [-0.05, 0) is 49.7 Å². The summed E-state index contributed by atoms with van der Waals surface area (Å²) in [4.78, 5) is 19.5. The fourth-order valence-corrected chi connectivity index (χ4v) is 3.16. The number of carbonyl (C=O) groups is 1. The zero-order valence-electron chi connectivity index (χ0n) is 15.2. The summed E-state index contributed by atoms with van der Waals surface area (Å²) in [5, 5.41) is 1.97. The van der Waals surface area contributed by atoms with E-state index in [-0.39, 0.29) is 6.10 Å². The number of hydrogen-bond donors (Lipinski definition) is 1. The molecule has 2 heterocycles. The largest absolute Gasteiger partial charge is 0.486 e. The van der Waals surface area contributed by atoms with Crippen LogP contribution >= 0.6 is 0 Å². The molecule has 136 valence electrons. The molecule has 1 unspecified atom stereocenters. The Kier molecular flexibility index (Phi) is 4.50. The van der Waals surface area contributed by atoms with Gasteiger partial charge in [0.25, 0.3) is 0 Å². The van der Waals surface area contributed by atoms with Gasteiger partial charge >= 0.3 is 5.97 Å². The number of esters is 1. The van der Waals surface area contributed by atoms with Crippen LogP contribution in [0.15, 0.2) is 60.8 Å². The van der Waals surface area contributed by atoms with E-state index < -0.39 is 5.97 Å². The van der Waals surface area contributed by atoms with Crippen molar-refractivity contribution in [2.75, 3.05) is 6.61 Å². The van der Waals surface area contributed by atoms with Crippen molar-refractivity contribution < 1.29 is 14.3 Å². The second kappa shape index (κ2) is 7.11. The maximum Gasteiger partial charge on any atom is 0.356 e. The van der Waals surface area contributed by atoms with Crippen LogP contribution in [0.5, 0.6) is 5.75 Å². The molecule has 0 bridgehead atoms. The van der Waals surface area contributed by atoms with Gasteiger partial charge in [-0.25, -0.2) is 9.78 Å². The fraction of sp³-hybridized carbons (Fsp3) is 0.182. The number of fused-ring (bicyclic) bond motifs is 3. The lowest BCUT2D eigenvalue weighted by molar-refractivity contribution is 0.0519. The Bertz CT molecular complexity index is 1100. The van der Waals surface area contributed by atoms with Crippen LogP contribution in [0.2, 0.25) is 0 Å². The normalized spacial score (nSPS) is 12.2. The summed E-state index contributed by atoms with van der Waals surface area (Å²) in [5.41, 5.74) is 3.24. The van der Waals surface area contributed by atoms with Gasteiger partial charge in [0.2, 0.25) is 0 Å². The molecule has 2 aromatic heterocycles. The molecule has 1 atom stereocenters. The maximum atomic E-state index is 12.0. The van der Waals surface area contributed by atoms with Crippen molar-refractivity contribution in [3.8, 4) is 5.75 Å². The number of rotatable bonds is 5. The summed E-state index contributed by atoms with van der Waals surface area (Å²) in [6.07, 6.45) is 1.57. The molecule has 0 radical (unpaired) electrons. The van der Waals surface area contributed by atoms with Crippen molar-refractivity contribution >= 4 is 27.8 Å². The number of hydrogen-bond acceptors (Lipinski definition) is 4. The molecular weight excluding hydrogens is 340 g/mol. The van der Waals surface area contributed by atoms with Gasteiger partial charge in [-0.2, -0.15) is 0 Å². The number of nitrogens with one attached hydrogen (secondary N) is 1. The summed E-state index contributed by atoms with van der Waals surface area (Å²) in [7, 11) is 0. The van der Waals surface area contributed by atoms with Crippen LogP contribution in [-0.4, -0.2) is 22.5 Å². The molecule has 5 heteroatoms. The first-order chi connectivity index (χ1) is 13.2. The number of para-hydroxylation sites is 1. The van der Waals surface area contributed by atoms with Crippen molar-refractivity contribution in [2.45, 2.75) is 20.0 Å². The molecular formula is C22H20N2O3. The summed E-state index contributed by atoms with van der Waals surface area (Å²) in [5.74, 6) is 0.420. The fourth-order valence-electron chi connectivity index (χ4n) is 3.16. The van der Waals surface area contributed by atoms with E-state index in [0.717, 1.165) is 33.1 Å². The predicted octanol–water partition coefficient (Wildman–Crippen LogP) is 5.03. The molecule has 1 N–H and O–H groups in total. The molecule has 0 aliphatic carbocycles. The van der Waals surface area contributed by atoms with Crippen LogP contribution in [0.3, 0.4) is 0 Å². The Morgan fingerprint density at radius 2 is 1.85 bits per heavy atom. The van der Waals surface area contributed by atoms with Gasteiger partial charge < -0.3 is 14.5 Å². The Morgan fingerprint density at radius 3 is 2.63 bits per heavy atom. The van der Waals surface area contributed by atoms with Crippen LogP contribution in [0, 0.1) is 0 Å². The first-order valence-corrected chi connectivity index (χ1v) is 8.96. The van der Waals surface area contributed by atoms with E-state index in [2.05, 4.69) is 16.0 Å². The van der Waals surface area contributed by atoms with Gasteiger partial charge in [0.05, 0.1) is 18.3 Å². The van der Waals surface area contributed by atoms with E-state index in [0.29, 0.717) is 12.3 Å².